The first-order valence-electron chi connectivity index (χ1n) is 8.47. The van der Waals surface area contributed by atoms with Crippen molar-refractivity contribution in [1.29, 1.82) is 0 Å². The van der Waals surface area contributed by atoms with Crippen LogP contribution >= 0.6 is 0 Å². The lowest BCUT2D eigenvalue weighted by Gasteiger charge is -2.11. The zero-order valence-corrected chi connectivity index (χ0v) is 15.0. The lowest BCUT2D eigenvalue weighted by Crippen LogP contribution is -2.21. The number of carbonyl (C=O) groups excluding carboxylic acids is 1. The van der Waals surface area contributed by atoms with E-state index in [1.807, 2.05) is 40.9 Å². The van der Waals surface area contributed by atoms with Crippen LogP contribution in [-0.4, -0.2) is 44.4 Å². The molecule has 0 fully saturated rings. The van der Waals surface area contributed by atoms with E-state index >= 15 is 0 Å². The molecule has 0 radical (unpaired) electrons. The molecule has 2 aromatic carbocycles. The van der Waals surface area contributed by atoms with Crippen LogP contribution in [0.4, 0.5) is 0 Å². The van der Waals surface area contributed by atoms with Gasteiger partial charge in [0.25, 0.3) is 5.91 Å². The van der Waals surface area contributed by atoms with Crippen molar-refractivity contribution in [2.75, 3.05) is 14.1 Å². The van der Waals surface area contributed by atoms with E-state index < -0.39 is 0 Å². The number of phenols is 1. The van der Waals surface area contributed by atoms with Crippen molar-refractivity contribution < 1.29 is 9.90 Å². The minimum Gasteiger partial charge on any atom is -0.508 e. The summed E-state index contributed by atoms with van der Waals surface area (Å²) in [4.78, 5) is 22.7. The molecule has 2 aromatic heterocycles. The largest absolute Gasteiger partial charge is 0.508 e. The van der Waals surface area contributed by atoms with Crippen molar-refractivity contribution in [3.05, 3.63) is 72.7 Å². The summed E-state index contributed by atoms with van der Waals surface area (Å²) in [6.45, 7) is 0. The van der Waals surface area contributed by atoms with Crippen LogP contribution in [0, 0.1) is 0 Å². The van der Waals surface area contributed by atoms with Gasteiger partial charge in [-0.25, -0.2) is 4.98 Å². The molecular formula is C21H18N4O2. The van der Waals surface area contributed by atoms with Crippen molar-refractivity contribution in [2.24, 2.45) is 0 Å². The number of imidazole rings is 1. The van der Waals surface area contributed by atoms with E-state index in [-0.39, 0.29) is 11.7 Å². The molecule has 4 rings (SSSR count). The van der Waals surface area contributed by atoms with Gasteiger partial charge in [-0.1, -0.05) is 12.1 Å². The summed E-state index contributed by atoms with van der Waals surface area (Å²) < 4.78 is 1.95. The van der Waals surface area contributed by atoms with E-state index in [2.05, 4.69) is 9.97 Å². The normalized spacial score (nSPS) is 10.9. The molecular weight excluding hydrogens is 340 g/mol. The number of hydrogen-bond donors (Lipinski definition) is 1. The minimum absolute atomic E-state index is 0.0506. The average molecular weight is 358 g/mol. The summed E-state index contributed by atoms with van der Waals surface area (Å²) in [5, 5.41) is 9.51. The Morgan fingerprint density at radius 3 is 2.52 bits per heavy atom. The molecule has 0 spiro atoms. The Kier molecular flexibility index (Phi) is 4.08. The van der Waals surface area contributed by atoms with Gasteiger partial charge in [0, 0.05) is 37.0 Å². The Bertz CT molecular complexity index is 1130. The fourth-order valence-electron chi connectivity index (χ4n) is 2.95. The average Bonchev–Trinajstić information content (AvgIpc) is 3.11. The highest BCUT2D eigenvalue weighted by molar-refractivity contribution is 5.95. The Morgan fingerprint density at radius 1 is 1.00 bits per heavy atom. The van der Waals surface area contributed by atoms with Gasteiger partial charge in [0.05, 0.1) is 23.8 Å². The summed E-state index contributed by atoms with van der Waals surface area (Å²) in [5.74, 6) is 0.169. The number of amides is 1. The van der Waals surface area contributed by atoms with Crippen LogP contribution in [0.25, 0.3) is 28.2 Å². The molecule has 1 amide bonds. The smallest absolute Gasteiger partial charge is 0.253 e. The van der Waals surface area contributed by atoms with Crippen molar-refractivity contribution >= 4 is 11.6 Å². The summed E-state index contributed by atoms with van der Waals surface area (Å²) in [6.07, 6.45) is 5.39. The van der Waals surface area contributed by atoms with Crippen molar-refractivity contribution in [2.45, 2.75) is 0 Å². The van der Waals surface area contributed by atoms with Gasteiger partial charge < -0.3 is 10.0 Å². The molecule has 27 heavy (non-hydrogen) atoms. The molecule has 4 aromatic rings. The molecule has 0 atom stereocenters. The maximum Gasteiger partial charge on any atom is 0.253 e. The lowest BCUT2D eigenvalue weighted by atomic mass is 10.1. The molecule has 0 saturated heterocycles. The van der Waals surface area contributed by atoms with Crippen LogP contribution in [0.2, 0.25) is 0 Å². The zero-order chi connectivity index (χ0) is 19.0. The van der Waals surface area contributed by atoms with Crippen molar-refractivity contribution in [3.63, 3.8) is 0 Å². The van der Waals surface area contributed by atoms with Crippen LogP contribution in [0.15, 0.2) is 67.1 Å². The molecule has 1 N–H and O–H groups in total. The SMILES string of the molecule is CN(C)C(=O)c1cccc(-c2cn3c(-c4ccc(O)cc4)cnc3cn2)c1. The minimum atomic E-state index is -0.0506. The molecule has 0 aliphatic rings. The number of phenolic OH excluding ortho intramolecular Hbond substituents is 1. The molecule has 6 heteroatoms. The number of hydrogen-bond acceptors (Lipinski definition) is 4. The summed E-state index contributed by atoms with van der Waals surface area (Å²) in [6, 6.07) is 14.4. The van der Waals surface area contributed by atoms with Crippen LogP contribution in [0.1, 0.15) is 10.4 Å². The second-order valence-electron chi connectivity index (χ2n) is 6.47. The number of fused-ring (bicyclic) bond motifs is 1. The number of aromatic hydroxyl groups is 1. The number of benzene rings is 2. The van der Waals surface area contributed by atoms with E-state index in [1.54, 1.807) is 49.6 Å². The van der Waals surface area contributed by atoms with Gasteiger partial charge >= 0.3 is 0 Å². The summed E-state index contributed by atoms with van der Waals surface area (Å²) >= 11 is 0. The van der Waals surface area contributed by atoms with E-state index in [9.17, 15) is 9.90 Å². The highest BCUT2D eigenvalue weighted by atomic mass is 16.3. The van der Waals surface area contributed by atoms with Gasteiger partial charge in [-0.05, 0) is 36.4 Å². The van der Waals surface area contributed by atoms with Crippen molar-refractivity contribution in [1.82, 2.24) is 19.3 Å². The highest BCUT2D eigenvalue weighted by Gasteiger charge is 2.12. The topological polar surface area (TPSA) is 70.7 Å². The number of nitrogens with zero attached hydrogens (tertiary/aromatic N) is 4. The first kappa shape index (κ1) is 16.8. The van der Waals surface area contributed by atoms with E-state index in [0.29, 0.717) is 5.56 Å². The third-order valence-electron chi connectivity index (χ3n) is 4.37. The van der Waals surface area contributed by atoms with Gasteiger partial charge in [-0.3, -0.25) is 14.2 Å². The molecule has 134 valence electrons. The number of aromatic nitrogens is 3. The highest BCUT2D eigenvalue weighted by Crippen LogP contribution is 2.25. The molecule has 0 aliphatic carbocycles. The Hall–Kier alpha value is -3.67. The lowest BCUT2D eigenvalue weighted by molar-refractivity contribution is 0.0827. The van der Waals surface area contributed by atoms with Crippen LogP contribution < -0.4 is 0 Å². The maximum atomic E-state index is 12.2. The molecule has 0 bridgehead atoms. The van der Waals surface area contributed by atoms with Gasteiger partial charge in [0.15, 0.2) is 5.65 Å². The zero-order valence-electron chi connectivity index (χ0n) is 15.0. The van der Waals surface area contributed by atoms with E-state index in [4.69, 9.17) is 0 Å². The Labute approximate surface area is 156 Å². The fraction of sp³-hybridized carbons (Fsp3) is 0.0952. The van der Waals surface area contributed by atoms with E-state index in [1.165, 1.54) is 0 Å². The number of carbonyl (C=O) groups is 1. The second kappa shape index (κ2) is 6.57. The fourth-order valence-corrected chi connectivity index (χ4v) is 2.95. The monoisotopic (exact) mass is 358 g/mol. The summed E-state index contributed by atoms with van der Waals surface area (Å²) in [5.41, 5.74) is 4.78. The van der Waals surface area contributed by atoms with Gasteiger partial charge in [-0.2, -0.15) is 0 Å². The van der Waals surface area contributed by atoms with Crippen LogP contribution in [0.5, 0.6) is 5.75 Å². The third-order valence-corrected chi connectivity index (χ3v) is 4.37. The predicted octanol–water partition coefficient (Wildman–Crippen LogP) is 3.47. The van der Waals surface area contributed by atoms with Gasteiger partial charge in [0.1, 0.15) is 5.75 Å². The second-order valence-corrected chi connectivity index (χ2v) is 6.47. The van der Waals surface area contributed by atoms with E-state index in [0.717, 1.165) is 28.2 Å². The quantitative estimate of drug-likeness (QED) is 0.609. The molecule has 0 unspecified atom stereocenters. The standard InChI is InChI=1S/C21H18N4O2/c1-24(2)21(27)16-5-3-4-15(10-16)18-13-25-19(11-23-20(25)12-22-18)14-6-8-17(26)9-7-14/h3-13,26H,1-2H3. The molecule has 2 heterocycles. The Morgan fingerprint density at radius 2 is 1.78 bits per heavy atom. The van der Waals surface area contributed by atoms with Crippen LogP contribution in [0.3, 0.4) is 0 Å². The van der Waals surface area contributed by atoms with Crippen LogP contribution in [-0.2, 0) is 0 Å². The molecule has 6 nitrogen and oxygen atoms in total. The third kappa shape index (κ3) is 3.13. The van der Waals surface area contributed by atoms with Gasteiger partial charge in [0.2, 0.25) is 0 Å². The molecule has 0 aliphatic heterocycles. The van der Waals surface area contributed by atoms with Crippen molar-refractivity contribution in [3.8, 4) is 28.3 Å². The summed E-state index contributed by atoms with van der Waals surface area (Å²) in [7, 11) is 3.46. The Balaban J connectivity index is 1.80. The number of rotatable bonds is 3. The molecule has 0 saturated carbocycles. The van der Waals surface area contributed by atoms with Gasteiger partial charge in [-0.15, -0.1) is 0 Å². The first-order chi connectivity index (χ1) is 13.0. The maximum absolute atomic E-state index is 12.2. The first-order valence-corrected chi connectivity index (χ1v) is 8.47. The predicted molar refractivity (Wildman–Crippen MR) is 104 cm³/mol.